The number of hydrogen-bond acceptors (Lipinski definition) is 8. The molecule has 0 aromatic heterocycles. The molecule has 1 saturated heterocycles. The molecule has 0 spiro atoms. The zero-order chi connectivity index (χ0) is 36.5. The maximum absolute atomic E-state index is 11.9. The van der Waals surface area contributed by atoms with Crippen LogP contribution in [0.3, 0.4) is 0 Å². The largest absolute Gasteiger partial charge is 0.394 e. The number of ether oxygens (including phenoxy) is 2. The van der Waals surface area contributed by atoms with Crippen molar-refractivity contribution in [1.29, 1.82) is 0 Å². The van der Waals surface area contributed by atoms with E-state index < -0.39 is 6.10 Å². The lowest BCUT2D eigenvalue weighted by molar-refractivity contribution is -0.139. The van der Waals surface area contributed by atoms with Gasteiger partial charge in [0.05, 0.1) is 31.5 Å². The Morgan fingerprint density at radius 3 is 2.44 bits per heavy atom. The van der Waals surface area contributed by atoms with E-state index in [4.69, 9.17) is 9.47 Å². The number of thioether (sulfide) groups is 1. The Labute approximate surface area is 305 Å². The molecule has 1 amide bonds. The Balaban J connectivity index is 0.000000288. The van der Waals surface area contributed by atoms with Gasteiger partial charge in [0.1, 0.15) is 6.23 Å². The second-order valence-corrected chi connectivity index (χ2v) is 14.2. The van der Waals surface area contributed by atoms with Crippen molar-refractivity contribution in [2.75, 3.05) is 43.7 Å². The molecule has 0 saturated carbocycles. The summed E-state index contributed by atoms with van der Waals surface area (Å²) in [4.78, 5) is 14.3. The lowest BCUT2D eigenvalue weighted by Crippen LogP contribution is -2.44. The molecule has 2 aliphatic heterocycles. The van der Waals surface area contributed by atoms with Crippen LogP contribution in [0.15, 0.2) is 77.7 Å². The monoisotopic (exact) mass is 707 g/mol. The quantitative estimate of drug-likeness (QED) is 0.134. The molecule has 1 fully saturated rings. The number of carbonyl (C=O) groups excluding carboxylic acids is 1. The Morgan fingerprint density at radius 1 is 1.04 bits per heavy atom. The van der Waals surface area contributed by atoms with Gasteiger partial charge in [-0.2, -0.15) is 0 Å². The Morgan fingerprint density at radius 2 is 1.80 bits per heavy atom. The molecule has 0 radical (unpaired) electrons. The highest BCUT2D eigenvalue weighted by Crippen LogP contribution is 2.51. The minimum atomic E-state index is -0.494. The minimum absolute atomic E-state index is 0.0309. The number of amides is 1. The van der Waals surface area contributed by atoms with Crippen LogP contribution in [-0.2, 0) is 20.9 Å². The molecule has 2 aliphatic rings. The van der Waals surface area contributed by atoms with Gasteiger partial charge in [-0.05, 0) is 66.9 Å². The summed E-state index contributed by atoms with van der Waals surface area (Å²) in [6.45, 7) is 9.08. The molecule has 3 aromatic rings. The van der Waals surface area contributed by atoms with Crippen molar-refractivity contribution < 1.29 is 24.5 Å². The van der Waals surface area contributed by atoms with Crippen LogP contribution in [0, 0.1) is 5.41 Å². The van der Waals surface area contributed by atoms with E-state index in [1.54, 1.807) is 0 Å². The molecule has 6 atom stereocenters. The number of aliphatic hydroxyl groups excluding tert-OH is 2. The van der Waals surface area contributed by atoms with Crippen molar-refractivity contribution in [2.24, 2.45) is 5.41 Å². The zero-order valence-electron chi connectivity index (χ0n) is 31.2. The molecule has 9 heteroatoms. The molecule has 276 valence electrons. The summed E-state index contributed by atoms with van der Waals surface area (Å²) in [5.41, 5.74) is 5.14. The number of benzene rings is 3. The number of nitrogens with one attached hydrogen (secondary N) is 2. The summed E-state index contributed by atoms with van der Waals surface area (Å²) in [5, 5.41) is 27.0. The van der Waals surface area contributed by atoms with Gasteiger partial charge in [0.2, 0.25) is 6.41 Å². The van der Waals surface area contributed by atoms with Gasteiger partial charge in [-0.15, -0.1) is 11.8 Å². The minimum Gasteiger partial charge on any atom is -0.394 e. The molecule has 2 heterocycles. The van der Waals surface area contributed by atoms with Gasteiger partial charge in [0.25, 0.3) is 0 Å². The van der Waals surface area contributed by atoms with Gasteiger partial charge in [-0.25, -0.2) is 0 Å². The van der Waals surface area contributed by atoms with E-state index in [1.807, 2.05) is 83.2 Å². The molecule has 4 unspecified atom stereocenters. The van der Waals surface area contributed by atoms with E-state index in [1.165, 1.54) is 16.0 Å². The summed E-state index contributed by atoms with van der Waals surface area (Å²) in [6.07, 6.45) is 5.96. The molecule has 0 bridgehead atoms. The number of carbonyl (C=O) groups is 1. The first kappa shape index (κ1) is 41.5. The van der Waals surface area contributed by atoms with Crippen molar-refractivity contribution in [3.63, 3.8) is 0 Å². The van der Waals surface area contributed by atoms with Crippen molar-refractivity contribution in [1.82, 2.24) is 5.32 Å². The van der Waals surface area contributed by atoms with Crippen LogP contribution in [-0.4, -0.2) is 74.7 Å². The first-order valence-electron chi connectivity index (χ1n) is 18.3. The fourth-order valence-corrected chi connectivity index (χ4v) is 8.19. The highest BCUT2D eigenvalue weighted by molar-refractivity contribution is 7.99. The van der Waals surface area contributed by atoms with E-state index in [9.17, 15) is 15.0 Å². The SMILES string of the molecule is CC.CCCC[C@]1(CC)CSc2ccc(N(C)C)cc2C(c2cccc(NC=O)c2)C1O.CN[C@H]1CC(OCc2ccccc2)CC(CO)O1. The van der Waals surface area contributed by atoms with Crippen LogP contribution in [0.25, 0.3) is 0 Å². The van der Waals surface area contributed by atoms with Crippen molar-refractivity contribution in [2.45, 2.75) is 108 Å². The molecule has 50 heavy (non-hydrogen) atoms. The first-order valence-corrected chi connectivity index (χ1v) is 19.3. The van der Waals surface area contributed by atoms with Crippen LogP contribution in [0.1, 0.15) is 88.8 Å². The van der Waals surface area contributed by atoms with Gasteiger partial charge in [-0.3, -0.25) is 10.1 Å². The van der Waals surface area contributed by atoms with E-state index in [-0.39, 0.29) is 36.4 Å². The maximum atomic E-state index is 11.9. The van der Waals surface area contributed by atoms with Gasteiger partial charge < -0.3 is 29.9 Å². The number of fused-ring (bicyclic) bond motifs is 1. The fourth-order valence-electron chi connectivity index (χ4n) is 6.71. The average molecular weight is 708 g/mol. The standard InChI is InChI=1S/C25H34N2O2S.C14H21NO3.C2H6/c1-5-7-13-25(6-2)16-30-22-12-11-20(27(3)4)15-21(22)23(24(25)29)18-9-8-10-19(14-18)26-17-28;1-15-14-8-12(7-13(9-16)18-14)17-10-11-5-3-2-4-6-11;1-2/h8-12,14-15,17,23-24,29H,5-7,13,16H2,1-4H3,(H,26,28);2-6,12-16H,7-10H2,1H3;1-2H3/t23?,24?,25-;12?,13?,14-;/m11./s1. The van der Waals surface area contributed by atoms with Crippen LogP contribution >= 0.6 is 11.8 Å². The molecule has 8 nitrogen and oxygen atoms in total. The van der Waals surface area contributed by atoms with Gasteiger partial charge in [0, 0.05) is 60.3 Å². The van der Waals surface area contributed by atoms with Crippen LogP contribution in [0.4, 0.5) is 11.4 Å². The third-order valence-corrected chi connectivity index (χ3v) is 11.1. The van der Waals surface area contributed by atoms with Crippen molar-refractivity contribution >= 4 is 29.5 Å². The van der Waals surface area contributed by atoms with Crippen molar-refractivity contribution in [3.8, 4) is 0 Å². The highest BCUT2D eigenvalue weighted by atomic mass is 32.2. The molecule has 5 rings (SSSR count). The second kappa shape index (κ2) is 21.4. The number of aliphatic hydroxyl groups is 2. The highest BCUT2D eigenvalue weighted by Gasteiger charge is 2.44. The number of rotatable bonds is 13. The lowest BCUT2D eigenvalue weighted by atomic mass is 9.69. The molecule has 4 N–H and O–H groups in total. The Hall–Kier alpha value is -2.92. The Bertz CT molecular complexity index is 1400. The third kappa shape index (κ3) is 11.3. The Kier molecular flexibility index (Phi) is 17.8. The van der Waals surface area contributed by atoms with E-state index in [0.29, 0.717) is 13.0 Å². The predicted molar refractivity (Wildman–Crippen MR) is 208 cm³/mol. The number of anilines is 2. The smallest absolute Gasteiger partial charge is 0.211 e. The molecular formula is C41H61N3O5S. The zero-order valence-corrected chi connectivity index (χ0v) is 32.0. The topological polar surface area (TPSA) is 103 Å². The molecule has 3 aromatic carbocycles. The number of unbranched alkanes of at least 4 members (excludes halogenated alkanes) is 1. The predicted octanol–water partition coefficient (Wildman–Crippen LogP) is 7.82. The summed E-state index contributed by atoms with van der Waals surface area (Å²) in [6, 6.07) is 24.6. The summed E-state index contributed by atoms with van der Waals surface area (Å²) >= 11 is 1.88. The number of hydrogen-bond donors (Lipinski definition) is 4. The lowest BCUT2D eigenvalue weighted by Gasteiger charge is -2.40. The summed E-state index contributed by atoms with van der Waals surface area (Å²) in [7, 11) is 5.95. The van der Waals surface area contributed by atoms with E-state index >= 15 is 0 Å². The maximum Gasteiger partial charge on any atom is 0.211 e. The van der Waals surface area contributed by atoms with E-state index in [0.717, 1.165) is 61.2 Å². The summed E-state index contributed by atoms with van der Waals surface area (Å²) in [5.74, 6) is 0.780. The molecule has 0 aliphatic carbocycles. The normalized spacial score (nSPS) is 24.3. The van der Waals surface area contributed by atoms with Crippen LogP contribution in [0.2, 0.25) is 0 Å². The van der Waals surface area contributed by atoms with Gasteiger partial charge in [-0.1, -0.05) is 83.0 Å². The van der Waals surface area contributed by atoms with Crippen LogP contribution < -0.4 is 15.5 Å². The second-order valence-electron chi connectivity index (χ2n) is 13.1. The summed E-state index contributed by atoms with van der Waals surface area (Å²) < 4.78 is 11.5. The van der Waals surface area contributed by atoms with Crippen molar-refractivity contribution in [3.05, 3.63) is 89.5 Å². The van der Waals surface area contributed by atoms with Crippen LogP contribution in [0.5, 0.6) is 0 Å². The van der Waals surface area contributed by atoms with Gasteiger partial charge in [0.15, 0.2) is 0 Å². The van der Waals surface area contributed by atoms with Gasteiger partial charge >= 0.3 is 0 Å². The fraction of sp³-hybridized carbons (Fsp3) is 0.537. The third-order valence-electron chi connectivity index (χ3n) is 9.72. The first-order chi connectivity index (χ1) is 24.3. The van der Waals surface area contributed by atoms with E-state index in [2.05, 4.69) is 65.8 Å². The number of nitrogens with zero attached hydrogens (tertiary/aromatic N) is 1. The average Bonchev–Trinajstić information content (AvgIpc) is 3.28. The molecular weight excluding hydrogens is 647 g/mol.